The minimum absolute atomic E-state index is 0.633. The van der Waals surface area contributed by atoms with E-state index in [1.165, 1.54) is 0 Å². The number of anilines is 2. The SMILES string of the molecule is Nc1ccccc1CC(Cl)=CNc1ccccc1. The Labute approximate surface area is 112 Å². The number of nitrogens with one attached hydrogen (secondary N) is 1. The van der Waals surface area contributed by atoms with Crippen LogP contribution < -0.4 is 11.1 Å². The van der Waals surface area contributed by atoms with E-state index in [2.05, 4.69) is 5.32 Å². The van der Waals surface area contributed by atoms with Crippen molar-refractivity contribution in [3.63, 3.8) is 0 Å². The molecule has 0 amide bonds. The van der Waals surface area contributed by atoms with Gasteiger partial charge >= 0.3 is 0 Å². The molecular weight excluding hydrogens is 244 g/mol. The second-order valence-electron chi connectivity index (χ2n) is 3.98. The van der Waals surface area contributed by atoms with Crippen molar-refractivity contribution in [2.75, 3.05) is 11.1 Å². The molecule has 0 fully saturated rings. The summed E-state index contributed by atoms with van der Waals surface area (Å²) in [5.41, 5.74) is 8.68. The number of hydrogen-bond acceptors (Lipinski definition) is 2. The van der Waals surface area contributed by atoms with E-state index in [9.17, 15) is 0 Å². The number of nitrogens with two attached hydrogens (primary N) is 1. The van der Waals surface area contributed by atoms with Gasteiger partial charge in [-0.3, -0.25) is 0 Å². The molecule has 92 valence electrons. The van der Waals surface area contributed by atoms with Crippen LogP contribution in [0.2, 0.25) is 0 Å². The minimum Gasteiger partial charge on any atom is -0.398 e. The molecule has 2 aromatic carbocycles. The summed E-state index contributed by atoms with van der Waals surface area (Å²) in [4.78, 5) is 0. The molecule has 0 aliphatic heterocycles. The highest BCUT2D eigenvalue weighted by Crippen LogP contribution is 2.18. The predicted octanol–water partition coefficient (Wildman–Crippen LogP) is 4.00. The molecule has 0 saturated carbocycles. The van der Waals surface area contributed by atoms with Crippen LogP contribution >= 0.6 is 11.6 Å². The molecule has 0 bridgehead atoms. The van der Waals surface area contributed by atoms with Crippen LogP contribution in [0.25, 0.3) is 0 Å². The Kier molecular flexibility index (Phi) is 4.26. The van der Waals surface area contributed by atoms with Gasteiger partial charge in [0.2, 0.25) is 0 Å². The molecule has 18 heavy (non-hydrogen) atoms. The van der Waals surface area contributed by atoms with E-state index < -0.39 is 0 Å². The van der Waals surface area contributed by atoms with Crippen molar-refractivity contribution in [2.24, 2.45) is 0 Å². The van der Waals surface area contributed by atoms with E-state index in [1.54, 1.807) is 6.20 Å². The number of hydrogen-bond donors (Lipinski definition) is 2. The molecule has 3 heteroatoms. The highest BCUT2D eigenvalue weighted by atomic mass is 35.5. The largest absolute Gasteiger partial charge is 0.398 e. The van der Waals surface area contributed by atoms with Crippen molar-refractivity contribution < 1.29 is 0 Å². The van der Waals surface area contributed by atoms with Crippen LogP contribution in [0.5, 0.6) is 0 Å². The first-order valence-electron chi connectivity index (χ1n) is 5.75. The quantitative estimate of drug-likeness (QED) is 0.814. The van der Waals surface area contributed by atoms with Gasteiger partial charge in [-0.25, -0.2) is 0 Å². The van der Waals surface area contributed by atoms with E-state index in [0.29, 0.717) is 6.42 Å². The summed E-state index contributed by atoms with van der Waals surface area (Å²) >= 11 is 6.18. The molecule has 0 aromatic heterocycles. The summed E-state index contributed by atoms with van der Waals surface area (Å²) in [6.45, 7) is 0. The van der Waals surface area contributed by atoms with Crippen LogP contribution in [0.4, 0.5) is 11.4 Å². The van der Waals surface area contributed by atoms with E-state index in [-0.39, 0.29) is 0 Å². The van der Waals surface area contributed by atoms with Crippen molar-refractivity contribution in [1.82, 2.24) is 0 Å². The minimum atomic E-state index is 0.633. The maximum Gasteiger partial charge on any atom is 0.0385 e. The van der Waals surface area contributed by atoms with Gasteiger partial charge in [-0.15, -0.1) is 0 Å². The van der Waals surface area contributed by atoms with Crippen molar-refractivity contribution in [3.05, 3.63) is 71.4 Å². The molecule has 0 aliphatic carbocycles. The molecule has 0 saturated heterocycles. The van der Waals surface area contributed by atoms with E-state index in [0.717, 1.165) is 22.0 Å². The smallest absolute Gasteiger partial charge is 0.0385 e. The van der Waals surface area contributed by atoms with Crippen molar-refractivity contribution in [2.45, 2.75) is 6.42 Å². The lowest BCUT2D eigenvalue weighted by molar-refractivity contribution is 1.24. The van der Waals surface area contributed by atoms with Gasteiger partial charge in [0.15, 0.2) is 0 Å². The maximum absolute atomic E-state index is 6.18. The molecule has 3 N–H and O–H groups in total. The number of para-hydroxylation sites is 2. The van der Waals surface area contributed by atoms with Crippen LogP contribution in [0.15, 0.2) is 65.8 Å². The van der Waals surface area contributed by atoms with Gasteiger partial charge in [0.25, 0.3) is 0 Å². The van der Waals surface area contributed by atoms with Crippen molar-refractivity contribution in [1.29, 1.82) is 0 Å². The fourth-order valence-corrected chi connectivity index (χ4v) is 1.82. The average molecular weight is 259 g/mol. The molecular formula is C15H15ClN2. The Morgan fingerprint density at radius 3 is 2.44 bits per heavy atom. The summed E-state index contributed by atoms with van der Waals surface area (Å²) < 4.78 is 0. The lowest BCUT2D eigenvalue weighted by Gasteiger charge is -2.05. The van der Waals surface area contributed by atoms with Crippen LogP contribution in [0.1, 0.15) is 5.56 Å². The zero-order chi connectivity index (χ0) is 12.8. The van der Waals surface area contributed by atoms with Crippen LogP contribution in [0.3, 0.4) is 0 Å². The first-order valence-corrected chi connectivity index (χ1v) is 6.13. The fourth-order valence-electron chi connectivity index (χ4n) is 1.62. The second-order valence-corrected chi connectivity index (χ2v) is 4.46. The lowest BCUT2D eigenvalue weighted by atomic mass is 10.1. The molecule has 0 unspecified atom stereocenters. The third-order valence-corrected chi connectivity index (χ3v) is 2.83. The van der Waals surface area contributed by atoms with Crippen LogP contribution in [-0.4, -0.2) is 0 Å². The first-order chi connectivity index (χ1) is 8.75. The van der Waals surface area contributed by atoms with Gasteiger partial charge < -0.3 is 11.1 Å². The average Bonchev–Trinajstić information content (AvgIpc) is 2.40. The van der Waals surface area contributed by atoms with Gasteiger partial charge in [0.05, 0.1) is 0 Å². The molecule has 2 rings (SSSR count). The molecule has 0 spiro atoms. The summed E-state index contributed by atoms with van der Waals surface area (Å²) in [7, 11) is 0. The number of rotatable bonds is 4. The Morgan fingerprint density at radius 2 is 1.72 bits per heavy atom. The van der Waals surface area contributed by atoms with E-state index in [1.807, 2.05) is 54.6 Å². The monoisotopic (exact) mass is 258 g/mol. The Morgan fingerprint density at radius 1 is 1.06 bits per heavy atom. The zero-order valence-electron chi connectivity index (χ0n) is 9.94. The highest BCUT2D eigenvalue weighted by Gasteiger charge is 2.00. The third kappa shape index (κ3) is 3.54. The highest BCUT2D eigenvalue weighted by molar-refractivity contribution is 6.29. The van der Waals surface area contributed by atoms with Gasteiger partial charge in [-0.2, -0.15) is 0 Å². The summed E-state index contributed by atoms with van der Waals surface area (Å²) in [5, 5.41) is 3.87. The molecule has 2 nitrogen and oxygen atoms in total. The van der Waals surface area contributed by atoms with Crippen LogP contribution in [0, 0.1) is 0 Å². The fraction of sp³-hybridized carbons (Fsp3) is 0.0667. The summed E-state index contributed by atoms with van der Waals surface area (Å²) in [6, 6.07) is 17.6. The predicted molar refractivity (Wildman–Crippen MR) is 78.6 cm³/mol. The van der Waals surface area contributed by atoms with Crippen molar-refractivity contribution >= 4 is 23.0 Å². The molecule has 0 heterocycles. The summed E-state index contributed by atoms with van der Waals surface area (Å²) in [5.74, 6) is 0. The second kappa shape index (κ2) is 6.12. The van der Waals surface area contributed by atoms with Crippen LogP contribution in [-0.2, 0) is 6.42 Å². The molecule has 0 atom stereocenters. The number of halogens is 1. The third-order valence-electron chi connectivity index (χ3n) is 2.58. The zero-order valence-corrected chi connectivity index (χ0v) is 10.7. The number of nitrogen functional groups attached to an aromatic ring is 1. The maximum atomic E-state index is 6.18. The Bertz CT molecular complexity index is 535. The van der Waals surface area contributed by atoms with Gasteiger partial charge in [0, 0.05) is 29.0 Å². The lowest BCUT2D eigenvalue weighted by Crippen LogP contribution is -1.95. The van der Waals surface area contributed by atoms with Gasteiger partial charge in [-0.1, -0.05) is 48.0 Å². The van der Waals surface area contributed by atoms with Gasteiger partial charge in [-0.05, 0) is 23.8 Å². The number of benzene rings is 2. The normalized spacial score (nSPS) is 11.3. The Hall–Kier alpha value is -1.93. The standard InChI is InChI=1S/C15H15ClN2/c16-13(10-12-6-4-5-9-15(12)17)11-18-14-7-2-1-3-8-14/h1-9,11,18H,10,17H2. The molecule has 0 radical (unpaired) electrons. The van der Waals surface area contributed by atoms with E-state index >= 15 is 0 Å². The molecule has 2 aromatic rings. The molecule has 0 aliphatic rings. The van der Waals surface area contributed by atoms with Crippen molar-refractivity contribution in [3.8, 4) is 0 Å². The van der Waals surface area contributed by atoms with E-state index in [4.69, 9.17) is 17.3 Å². The Balaban J connectivity index is 2.00. The van der Waals surface area contributed by atoms with Gasteiger partial charge in [0.1, 0.15) is 0 Å². The number of allylic oxidation sites excluding steroid dienone is 1. The topological polar surface area (TPSA) is 38.0 Å². The first kappa shape index (κ1) is 12.5. The summed E-state index contributed by atoms with van der Waals surface area (Å²) in [6.07, 6.45) is 2.43.